The Morgan fingerprint density at radius 2 is 1.44 bits per heavy atom. The summed E-state index contributed by atoms with van der Waals surface area (Å²) in [6, 6.07) is 17.9. The first-order chi connectivity index (χ1) is 18.6. The molecule has 1 aliphatic carbocycles. The van der Waals surface area contributed by atoms with Crippen LogP contribution in [0, 0.1) is 0 Å². The zero-order valence-electron chi connectivity index (χ0n) is 21.2. The molecule has 0 fully saturated rings. The molecule has 0 aromatic heterocycles. The van der Waals surface area contributed by atoms with Gasteiger partial charge in [-0.15, -0.1) is 0 Å². The van der Waals surface area contributed by atoms with Gasteiger partial charge in [0.1, 0.15) is 18.7 Å². The Morgan fingerprint density at radius 3 is 2.03 bits per heavy atom. The topological polar surface area (TPSA) is 93.7 Å². The molecule has 2 amide bonds. The number of methoxy groups -OCH3 is 1. The van der Waals surface area contributed by atoms with Gasteiger partial charge in [-0.25, -0.2) is 9.59 Å². The van der Waals surface area contributed by atoms with Gasteiger partial charge in [-0.05, 0) is 40.8 Å². The summed E-state index contributed by atoms with van der Waals surface area (Å²) in [7, 11) is 1.06. The molecule has 4 rings (SSSR count). The third-order valence-corrected chi connectivity index (χ3v) is 6.62. The predicted octanol–water partition coefficient (Wildman–Crippen LogP) is 4.83. The number of esters is 1. The Hall–Kier alpha value is -4.34. The summed E-state index contributed by atoms with van der Waals surface area (Å²) in [6.45, 7) is 1.40. The summed E-state index contributed by atoms with van der Waals surface area (Å²) in [5, 5.41) is 4.78. The van der Waals surface area contributed by atoms with Crippen LogP contribution in [0.2, 0.25) is 0 Å². The summed E-state index contributed by atoms with van der Waals surface area (Å²) < 4.78 is 50.3. The van der Waals surface area contributed by atoms with Gasteiger partial charge in [-0.1, -0.05) is 66.7 Å². The molecule has 7 nitrogen and oxygen atoms in total. The van der Waals surface area contributed by atoms with Gasteiger partial charge in [0.05, 0.1) is 12.7 Å². The number of benzene rings is 3. The van der Waals surface area contributed by atoms with Crippen LogP contribution in [0.3, 0.4) is 0 Å². The number of nitrogens with one attached hydrogen (secondary N) is 2. The molecule has 0 bridgehead atoms. The third kappa shape index (κ3) is 6.22. The van der Waals surface area contributed by atoms with Crippen LogP contribution >= 0.6 is 0 Å². The number of alkyl halides is 3. The first-order valence-electron chi connectivity index (χ1n) is 12.2. The van der Waals surface area contributed by atoms with E-state index < -0.39 is 48.2 Å². The summed E-state index contributed by atoms with van der Waals surface area (Å²) in [6.07, 6.45) is -5.94. The number of carbonyl (C=O) groups excluding carboxylic acids is 3. The highest BCUT2D eigenvalue weighted by atomic mass is 19.4. The maximum Gasteiger partial charge on any atom is 0.416 e. The Kier molecular flexibility index (Phi) is 8.23. The number of alkyl carbamates (subject to hydrolysis) is 1. The molecule has 10 heteroatoms. The van der Waals surface area contributed by atoms with Crippen molar-refractivity contribution in [3.05, 3.63) is 95.1 Å². The average molecular weight is 541 g/mol. The van der Waals surface area contributed by atoms with Crippen LogP contribution in [-0.2, 0) is 31.7 Å². The molecule has 3 aromatic rings. The zero-order valence-corrected chi connectivity index (χ0v) is 21.2. The maximum atomic E-state index is 13.4. The van der Waals surface area contributed by atoms with E-state index in [4.69, 9.17) is 4.74 Å². The van der Waals surface area contributed by atoms with E-state index in [9.17, 15) is 27.6 Å². The van der Waals surface area contributed by atoms with E-state index in [-0.39, 0.29) is 18.1 Å². The predicted molar refractivity (Wildman–Crippen MR) is 137 cm³/mol. The standard InChI is InChI=1S/C29H27F3N2O5/c1-17(26(35)34-25(27(36)38-2)15-18-9-3-8-14-24(18)29(30,31)32)33-28(37)39-16-23-21-12-6-4-10-19(21)20-11-5-7-13-22(20)23/h3-14,17,23,25H,15-16H2,1-2H3,(H,33,37)(H,34,35)/t17-,25+/m0/s1. The van der Waals surface area contributed by atoms with Gasteiger partial charge in [0.15, 0.2) is 0 Å². The first kappa shape index (κ1) is 27.7. The van der Waals surface area contributed by atoms with Gasteiger partial charge in [0, 0.05) is 12.3 Å². The van der Waals surface area contributed by atoms with E-state index in [2.05, 4.69) is 15.4 Å². The molecule has 0 aliphatic heterocycles. The molecule has 2 N–H and O–H groups in total. The zero-order chi connectivity index (χ0) is 28.2. The smallest absolute Gasteiger partial charge is 0.416 e. The van der Waals surface area contributed by atoms with Crippen molar-refractivity contribution in [2.75, 3.05) is 13.7 Å². The van der Waals surface area contributed by atoms with Gasteiger partial charge < -0.3 is 20.1 Å². The summed E-state index contributed by atoms with van der Waals surface area (Å²) >= 11 is 0. The number of hydrogen-bond donors (Lipinski definition) is 2. The van der Waals surface area contributed by atoms with Crippen molar-refractivity contribution in [1.82, 2.24) is 10.6 Å². The second kappa shape index (κ2) is 11.6. The molecule has 0 spiro atoms. The van der Waals surface area contributed by atoms with Gasteiger partial charge >= 0.3 is 18.2 Å². The minimum absolute atomic E-state index is 0.0349. The highest BCUT2D eigenvalue weighted by Crippen LogP contribution is 2.44. The fourth-order valence-corrected chi connectivity index (χ4v) is 4.71. The summed E-state index contributed by atoms with van der Waals surface area (Å²) in [5.41, 5.74) is 3.08. The minimum Gasteiger partial charge on any atom is -0.467 e. The molecule has 0 heterocycles. The van der Waals surface area contributed by atoms with Crippen molar-refractivity contribution in [2.24, 2.45) is 0 Å². The molecule has 3 aromatic carbocycles. The maximum absolute atomic E-state index is 13.4. The lowest BCUT2D eigenvalue weighted by Gasteiger charge is -2.22. The third-order valence-electron chi connectivity index (χ3n) is 6.62. The highest BCUT2D eigenvalue weighted by Gasteiger charge is 2.35. The van der Waals surface area contributed by atoms with E-state index in [0.29, 0.717) is 0 Å². The molecular weight excluding hydrogens is 513 g/mol. The van der Waals surface area contributed by atoms with E-state index in [0.717, 1.165) is 35.4 Å². The van der Waals surface area contributed by atoms with Crippen LogP contribution in [-0.4, -0.2) is 43.8 Å². The van der Waals surface area contributed by atoms with Crippen molar-refractivity contribution in [2.45, 2.75) is 37.5 Å². The highest BCUT2D eigenvalue weighted by molar-refractivity contribution is 5.89. The SMILES string of the molecule is COC(=O)[C@@H](Cc1ccccc1C(F)(F)F)NC(=O)[C@H](C)NC(=O)OCC1c2ccccc2-c2ccccc21. The van der Waals surface area contributed by atoms with Crippen LogP contribution in [0.25, 0.3) is 11.1 Å². The molecule has 39 heavy (non-hydrogen) atoms. The fraction of sp³-hybridized carbons (Fsp3) is 0.276. The van der Waals surface area contributed by atoms with Gasteiger partial charge in [-0.3, -0.25) is 4.79 Å². The van der Waals surface area contributed by atoms with Crippen molar-refractivity contribution in [1.29, 1.82) is 0 Å². The Bertz CT molecular complexity index is 1330. The lowest BCUT2D eigenvalue weighted by atomic mass is 9.98. The number of halogens is 3. The van der Waals surface area contributed by atoms with Crippen LogP contribution < -0.4 is 10.6 Å². The number of fused-ring (bicyclic) bond motifs is 3. The first-order valence-corrected chi connectivity index (χ1v) is 12.2. The number of hydrogen-bond acceptors (Lipinski definition) is 5. The largest absolute Gasteiger partial charge is 0.467 e. The van der Waals surface area contributed by atoms with Crippen molar-refractivity contribution in [3.8, 4) is 11.1 Å². The summed E-state index contributed by atoms with van der Waals surface area (Å²) in [5.74, 6) is -1.89. The normalized spacial score (nSPS) is 14.0. The number of carbonyl (C=O) groups is 3. The molecule has 2 atom stereocenters. The number of amides is 2. The van der Waals surface area contributed by atoms with E-state index in [1.165, 1.54) is 25.1 Å². The Labute approximate surface area is 223 Å². The second-order valence-electron chi connectivity index (χ2n) is 9.13. The number of ether oxygens (including phenoxy) is 2. The monoisotopic (exact) mass is 540 g/mol. The molecular formula is C29H27F3N2O5. The van der Waals surface area contributed by atoms with E-state index in [1.54, 1.807) is 0 Å². The van der Waals surface area contributed by atoms with Crippen LogP contribution in [0.15, 0.2) is 72.8 Å². The minimum atomic E-state index is -4.64. The van der Waals surface area contributed by atoms with Crippen LogP contribution in [0.4, 0.5) is 18.0 Å². The van der Waals surface area contributed by atoms with Gasteiger partial charge in [0.2, 0.25) is 5.91 Å². The average Bonchev–Trinajstić information content (AvgIpc) is 3.24. The van der Waals surface area contributed by atoms with Gasteiger partial charge in [-0.2, -0.15) is 13.2 Å². The molecule has 0 unspecified atom stereocenters. The summed E-state index contributed by atoms with van der Waals surface area (Å²) in [4.78, 5) is 37.6. The van der Waals surface area contributed by atoms with Crippen molar-refractivity contribution in [3.63, 3.8) is 0 Å². The molecule has 0 radical (unpaired) electrons. The lowest BCUT2D eigenvalue weighted by molar-refractivity contribution is -0.146. The van der Waals surface area contributed by atoms with Crippen molar-refractivity contribution >= 4 is 18.0 Å². The fourth-order valence-electron chi connectivity index (χ4n) is 4.71. The second-order valence-corrected chi connectivity index (χ2v) is 9.13. The van der Waals surface area contributed by atoms with Gasteiger partial charge in [0.25, 0.3) is 0 Å². The Morgan fingerprint density at radius 1 is 0.872 bits per heavy atom. The lowest BCUT2D eigenvalue weighted by Crippen LogP contribution is -2.51. The Balaban J connectivity index is 1.38. The van der Waals surface area contributed by atoms with E-state index in [1.807, 2.05) is 48.5 Å². The molecule has 204 valence electrons. The van der Waals surface area contributed by atoms with Crippen molar-refractivity contribution < 1.29 is 37.0 Å². The molecule has 0 saturated heterocycles. The van der Waals surface area contributed by atoms with E-state index >= 15 is 0 Å². The van der Waals surface area contributed by atoms with Crippen LogP contribution in [0.1, 0.15) is 35.1 Å². The quantitative estimate of drug-likeness (QED) is 0.399. The molecule has 1 aliphatic rings. The molecule has 0 saturated carbocycles. The van der Waals surface area contributed by atoms with Crippen LogP contribution in [0.5, 0.6) is 0 Å². The number of rotatable bonds is 8.